The summed E-state index contributed by atoms with van der Waals surface area (Å²) in [6.07, 6.45) is 0. The van der Waals surface area contributed by atoms with Gasteiger partial charge in [-0.25, -0.2) is 9.78 Å². The van der Waals surface area contributed by atoms with Crippen LogP contribution in [0.25, 0.3) is 10.9 Å². The van der Waals surface area contributed by atoms with Crippen molar-refractivity contribution in [3.8, 4) is 5.75 Å². The number of benzene rings is 3. The fraction of sp³-hybridized carbons (Fsp3) is 0.226. The minimum atomic E-state index is -0.597. The molecule has 4 aromatic rings. The molecule has 0 aliphatic heterocycles. The van der Waals surface area contributed by atoms with E-state index in [0.29, 0.717) is 39.8 Å². The predicted molar refractivity (Wildman–Crippen MR) is 167 cm³/mol. The average Bonchev–Trinajstić information content (AvgIpc) is 2.98. The number of fused-ring (bicyclic) bond motifs is 1. The molecule has 1 aromatic heterocycles. The zero-order valence-corrected chi connectivity index (χ0v) is 25.2. The molecule has 2 N–H and O–H groups in total. The summed E-state index contributed by atoms with van der Waals surface area (Å²) in [6.45, 7) is 4.09. The molecule has 42 heavy (non-hydrogen) atoms. The molecular formula is C31H31Cl2N5O4. The number of pyridine rings is 1. The van der Waals surface area contributed by atoms with Crippen molar-refractivity contribution in [2.75, 3.05) is 37.4 Å². The van der Waals surface area contributed by atoms with Crippen molar-refractivity contribution >= 4 is 63.3 Å². The molecule has 11 heteroatoms. The molecule has 0 saturated carbocycles. The molecule has 9 nitrogen and oxygen atoms in total. The van der Waals surface area contributed by atoms with Gasteiger partial charge < -0.3 is 25.2 Å². The first-order valence-electron chi connectivity index (χ1n) is 13.2. The Morgan fingerprint density at radius 3 is 2.50 bits per heavy atom. The number of carbonyl (C=O) groups is 3. The van der Waals surface area contributed by atoms with E-state index in [-0.39, 0.29) is 24.1 Å². The third kappa shape index (κ3) is 7.10. The van der Waals surface area contributed by atoms with Gasteiger partial charge in [-0.3, -0.25) is 9.59 Å². The van der Waals surface area contributed by atoms with Crippen LogP contribution in [0, 0.1) is 6.92 Å². The molecule has 0 aliphatic rings. The molecule has 0 unspecified atom stereocenters. The molecule has 0 fully saturated rings. The zero-order valence-electron chi connectivity index (χ0n) is 23.7. The van der Waals surface area contributed by atoms with Crippen LogP contribution in [0.2, 0.25) is 10.0 Å². The lowest BCUT2D eigenvalue weighted by Gasteiger charge is -2.21. The van der Waals surface area contributed by atoms with E-state index in [2.05, 4.69) is 15.6 Å². The number of nitrogens with one attached hydrogen (secondary N) is 2. The standard InChI is InChI=1S/C31H31Cl2N5O4/c1-5-37(3)30(40)21-9-6-10-22(16-21)36-31(41)34-17-27(39)38(4)25-15-14-24(32)23(28(25)33)18-42-26-11-7-8-20-13-12-19(2)35-29(20)26/h6-16H,5,17-18H2,1-4H3,(H2,34,36,41). The van der Waals surface area contributed by atoms with Crippen LogP contribution in [-0.4, -0.2) is 54.9 Å². The highest BCUT2D eigenvalue weighted by Gasteiger charge is 2.20. The highest BCUT2D eigenvalue weighted by atomic mass is 35.5. The summed E-state index contributed by atoms with van der Waals surface area (Å²) >= 11 is 13.2. The molecule has 4 amide bonds. The van der Waals surface area contributed by atoms with Gasteiger partial charge in [0, 0.05) is 53.6 Å². The number of para-hydroxylation sites is 1. The van der Waals surface area contributed by atoms with E-state index < -0.39 is 11.9 Å². The third-order valence-corrected chi connectivity index (χ3v) is 7.46. The second-order valence-corrected chi connectivity index (χ2v) is 10.4. The molecule has 0 aliphatic carbocycles. The normalized spacial score (nSPS) is 10.7. The van der Waals surface area contributed by atoms with Gasteiger partial charge in [-0.1, -0.05) is 47.5 Å². The van der Waals surface area contributed by atoms with E-state index in [0.717, 1.165) is 16.6 Å². The van der Waals surface area contributed by atoms with Gasteiger partial charge in [-0.15, -0.1) is 0 Å². The van der Waals surface area contributed by atoms with Crippen molar-refractivity contribution in [3.05, 3.63) is 93.6 Å². The number of anilines is 2. The number of hydrogen-bond donors (Lipinski definition) is 2. The first kappa shape index (κ1) is 30.6. The maximum Gasteiger partial charge on any atom is 0.319 e. The lowest BCUT2D eigenvalue weighted by atomic mass is 10.1. The minimum Gasteiger partial charge on any atom is -0.487 e. The van der Waals surface area contributed by atoms with E-state index in [1.54, 1.807) is 55.4 Å². The molecular weight excluding hydrogens is 577 g/mol. The van der Waals surface area contributed by atoms with Gasteiger partial charge >= 0.3 is 6.03 Å². The van der Waals surface area contributed by atoms with Crippen molar-refractivity contribution < 1.29 is 19.1 Å². The van der Waals surface area contributed by atoms with Gasteiger partial charge in [0.05, 0.1) is 17.3 Å². The molecule has 0 saturated heterocycles. The first-order chi connectivity index (χ1) is 20.1. The summed E-state index contributed by atoms with van der Waals surface area (Å²) < 4.78 is 6.07. The molecule has 218 valence electrons. The number of halogens is 2. The number of urea groups is 1. The smallest absolute Gasteiger partial charge is 0.319 e. The summed E-state index contributed by atoms with van der Waals surface area (Å²) in [4.78, 5) is 45.3. The highest BCUT2D eigenvalue weighted by molar-refractivity contribution is 6.38. The van der Waals surface area contributed by atoms with Crippen LogP contribution < -0.4 is 20.3 Å². The Labute approximate surface area is 254 Å². The molecule has 0 radical (unpaired) electrons. The Kier molecular flexibility index (Phi) is 9.88. The summed E-state index contributed by atoms with van der Waals surface area (Å²) in [5.41, 5.74) is 3.37. The highest BCUT2D eigenvalue weighted by Crippen LogP contribution is 2.35. The van der Waals surface area contributed by atoms with Crippen molar-refractivity contribution in [1.82, 2.24) is 15.2 Å². The largest absolute Gasteiger partial charge is 0.487 e. The maximum atomic E-state index is 13.0. The average molecular weight is 609 g/mol. The Hall–Kier alpha value is -4.34. The van der Waals surface area contributed by atoms with Crippen LogP contribution in [0.1, 0.15) is 28.5 Å². The fourth-order valence-corrected chi connectivity index (χ4v) is 4.75. The first-order valence-corrected chi connectivity index (χ1v) is 14.0. The Morgan fingerprint density at radius 2 is 1.74 bits per heavy atom. The lowest BCUT2D eigenvalue weighted by molar-refractivity contribution is -0.117. The van der Waals surface area contributed by atoms with Gasteiger partial charge in [-0.05, 0) is 56.3 Å². The summed E-state index contributed by atoms with van der Waals surface area (Å²) in [7, 11) is 3.25. The van der Waals surface area contributed by atoms with E-state index in [1.165, 1.54) is 4.90 Å². The second-order valence-electron chi connectivity index (χ2n) is 9.59. The van der Waals surface area contributed by atoms with E-state index in [9.17, 15) is 14.4 Å². The number of nitrogens with zero attached hydrogens (tertiary/aromatic N) is 3. The SMILES string of the molecule is CCN(C)C(=O)c1cccc(NC(=O)NCC(=O)N(C)c2ccc(Cl)c(COc3cccc4ccc(C)nc34)c2Cl)c1. The Balaban J connectivity index is 1.40. The molecule has 0 atom stereocenters. The Morgan fingerprint density at radius 1 is 0.976 bits per heavy atom. The monoisotopic (exact) mass is 607 g/mol. The third-order valence-electron chi connectivity index (χ3n) is 6.68. The fourth-order valence-electron chi connectivity index (χ4n) is 4.14. The zero-order chi connectivity index (χ0) is 30.4. The van der Waals surface area contributed by atoms with E-state index >= 15 is 0 Å². The molecule has 1 heterocycles. The van der Waals surface area contributed by atoms with Crippen molar-refractivity contribution in [1.29, 1.82) is 0 Å². The number of amides is 4. The number of likely N-dealkylation sites (N-methyl/N-ethyl adjacent to an activating group) is 1. The van der Waals surface area contributed by atoms with Crippen LogP contribution in [-0.2, 0) is 11.4 Å². The van der Waals surface area contributed by atoms with Gasteiger partial charge in [0.2, 0.25) is 5.91 Å². The van der Waals surface area contributed by atoms with E-state index in [1.807, 2.05) is 44.2 Å². The number of carbonyl (C=O) groups excluding carboxylic acids is 3. The summed E-state index contributed by atoms with van der Waals surface area (Å²) in [5.74, 6) is 0.0102. The summed E-state index contributed by atoms with van der Waals surface area (Å²) in [6, 6.07) is 18.8. The van der Waals surface area contributed by atoms with Crippen molar-refractivity contribution in [2.24, 2.45) is 0 Å². The predicted octanol–water partition coefficient (Wildman–Crippen LogP) is 6.31. The molecule has 3 aromatic carbocycles. The van der Waals surface area contributed by atoms with Crippen LogP contribution in [0.5, 0.6) is 5.75 Å². The molecule has 0 bridgehead atoms. The van der Waals surface area contributed by atoms with E-state index in [4.69, 9.17) is 27.9 Å². The van der Waals surface area contributed by atoms with Crippen molar-refractivity contribution in [2.45, 2.75) is 20.5 Å². The lowest BCUT2D eigenvalue weighted by Crippen LogP contribution is -2.40. The van der Waals surface area contributed by atoms with Crippen molar-refractivity contribution in [3.63, 3.8) is 0 Å². The number of rotatable bonds is 9. The van der Waals surface area contributed by atoms with Gasteiger partial charge in [-0.2, -0.15) is 0 Å². The van der Waals surface area contributed by atoms with Gasteiger partial charge in [0.15, 0.2) is 0 Å². The van der Waals surface area contributed by atoms with Gasteiger partial charge in [0.25, 0.3) is 5.91 Å². The molecule has 4 rings (SSSR count). The van der Waals surface area contributed by atoms with Crippen LogP contribution in [0.4, 0.5) is 16.2 Å². The number of ether oxygens (including phenoxy) is 1. The molecule has 0 spiro atoms. The minimum absolute atomic E-state index is 0.0541. The summed E-state index contributed by atoms with van der Waals surface area (Å²) in [5, 5.41) is 6.77. The van der Waals surface area contributed by atoms with Gasteiger partial charge in [0.1, 0.15) is 17.9 Å². The Bertz CT molecular complexity index is 1650. The number of hydrogen-bond acceptors (Lipinski definition) is 5. The number of aromatic nitrogens is 1. The maximum absolute atomic E-state index is 13.0. The van der Waals surface area contributed by atoms with Crippen LogP contribution in [0.3, 0.4) is 0 Å². The van der Waals surface area contributed by atoms with Crippen LogP contribution in [0.15, 0.2) is 66.7 Å². The second kappa shape index (κ2) is 13.5. The van der Waals surface area contributed by atoms with Crippen LogP contribution >= 0.6 is 23.2 Å². The quantitative estimate of drug-likeness (QED) is 0.232. The topological polar surface area (TPSA) is 104 Å². The number of aryl methyl sites for hydroxylation is 1.